The fraction of sp³-hybridized carbons (Fsp3) is 0.412. The predicted molar refractivity (Wildman–Crippen MR) is 90.0 cm³/mol. The van der Waals surface area contributed by atoms with Crippen LogP contribution in [-0.2, 0) is 16.0 Å². The van der Waals surface area contributed by atoms with Crippen molar-refractivity contribution in [3.8, 4) is 0 Å². The Morgan fingerprint density at radius 3 is 2.95 bits per heavy atom. The Hall–Kier alpha value is -1.75. The minimum atomic E-state index is 0.0899. The number of para-hydroxylation sites is 1. The first-order valence-electron chi connectivity index (χ1n) is 7.56. The number of hydrogen-bond acceptors (Lipinski definition) is 3. The molecule has 2 heterocycles. The summed E-state index contributed by atoms with van der Waals surface area (Å²) in [6.07, 6.45) is 1.33. The second-order valence-electron chi connectivity index (χ2n) is 5.80. The third kappa shape index (κ3) is 3.04. The lowest BCUT2D eigenvalue weighted by Crippen LogP contribution is -2.28. The number of carbonyl (C=O) groups excluding carboxylic acids is 2. The van der Waals surface area contributed by atoms with Gasteiger partial charge in [0.15, 0.2) is 5.12 Å². The summed E-state index contributed by atoms with van der Waals surface area (Å²) in [4.78, 5) is 28.5. The van der Waals surface area contributed by atoms with Crippen molar-refractivity contribution in [3.63, 3.8) is 0 Å². The zero-order valence-corrected chi connectivity index (χ0v) is 13.7. The summed E-state index contributed by atoms with van der Waals surface area (Å²) >= 11 is 1.29. The van der Waals surface area contributed by atoms with Crippen molar-refractivity contribution in [2.24, 2.45) is 0 Å². The number of nitrogens with one attached hydrogen (secondary N) is 1. The molecule has 0 saturated carbocycles. The molecular formula is C17H20N2O2S. The van der Waals surface area contributed by atoms with Crippen LogP contribution in [0.3, 0.4) is 0 Å². The van der Waals surface area contributed by atoms with E-state index in [1.54, 1.807) is 6.92 Å². The average molecular weight is 316 g/mol. The van der Waals surface area contributed by atoms with Gasteiger partial charge in [0.25, 0.3) is 0 Å². The molecule has 1 aliphatic rings. The number of aryl methyl sites for hydroxylation is 1. The molecule has 22 heavy (non-hydrogen) atoms. The van der Waals surface area contributed by atoms with Crippen LogP contribution in [0.4, 0.5) is 0 Å². The van der Waals surface area contributed by atoms with E-state index >= 15 is 0 Å². The van der Waals surface area contributed by atoms with E-state index < -0.39 is 0 Å². The average Bonchev–Trinajstić information content (AvgIpc) is 2.95. The zero-order valence-electron chi connectivity index (χ0n) is 12.9. The van der Waals surface area contributed by atoms with Crippen molar-refractivity contribution in [1.82, 2.24) is 9.88 Å². The molecule has 1 amide bonds. The Kier molecular flexibility index (Phi) is 4.25. The van der Waals surface area contributed by atoms with Crippen molar-refractivity contribution < 1.29 is 9.59 Å². The Morgan fingerprint density at radius 2 is 2.18 bits per heavy atom. The van der Waals surface area contributed by atoms with Gasteiger partial charge in [0, 0.05) is 48.3 Å². The summed E-state index contributed by atoms with van der Waals surface area (Å²) in [6.45, 7) is 5.05. The Balaban J connectivity index is 1.68. The molecule has 1 N–H and O–H groups in total. The molecule has 1 fully saturated rings. The van der Waals surface area contributed by atoms with Gasteiger partial charge in [0.2, 0.25) is 5.91 Å². The summed E-state index contributed by atoms with van der Waals surface area (Å²) in [5.41, 5.74) is 3.60. The molecular weight excluding hydrogens is 296 g/mol. The van der Waals surface area contributed by atoms with E-state index in [2.05, 4.69) is 24.0 Å². The number of rotatable bonds is 4. The Labute approximate surface area is 134 Å². The maximum atomic E-state index is 12.1. The van der Waals surface area contributed by atoms with Gasteiger partial charge in [0.1, 0.15) is 0 Å². The van der Waals surface area contributed by atoms with Gasteiger partial charge in [-0.15, -0.1) is 0 Å². The van der Waals surface area contributed by atoms with Gasteiger partial charge in [-0.05, 0) is 25.0 Å². The summed E-state index contributed by atoms with van der Waals surface area (Å²) in [5, 5.41) is 1.45. The molecule has 0 radical (unpaired) electrons. The van der Waals surface area contributed by atoms with Crippen LogP contribution in [0.5, 0.6) is 0 Å². The highest BCUT2D eigenvalue weighted by Crippen LogP contribution is 2.26. The standard InChI is InChI=1S/C17H20N2O2S/c1-11-14(15-5-3-4-6-16(15)18-11)7-8-19-10-13(9-17(19)21)22-12(2)20/h3-6,13,18H,7-10H2,1-2H3. The summed E-state index contributed by atoms with van der Waals surface area (Å²) in [5.74, 6) is 0.163. The Bertz CT molecular complexity index is 723. The van der Waals surface area contributed by atoms with E-state index in [1.165, 1.54) is 28.4 Å². The number of aromatic nitrogens is 1. The number of nitrogens with zero attached hydrogens (tertiary/aromatic N) is 1. The van der Waals surface area contributed by atoms with Crippen LogP contribution in [0.15, 0.2) is 24.3 Å². The fourth-order valence-corrected chi connectivity index (χ4v) is 4.12. The molecule has 2 aromatic rings. The maximum absolute atomic E-state index is 12.1. The number of amides is 1. The van der Waals surface area contributed by atoms with Gasteiger partial charge < -0.3 is 9.88 Å². The van der Waals surface area contributed by atoms with Crippen LogP contribution < -0.4 is 0 Å². The minimum Gasteiger partial charge on any atom is -0.358 e. The van der Waals surface area contributed by atoms with Gasteiger partial charge in [-0.1, -0.05) is 30.0 Å². The molecule has 116 valence electrons. The first kappa shape index (κ1) is 15.2. The van der Waals surface area contributed by atoms with Gasteiger partial charge in [-0.2, -0.15) is 0 Å². The van der Waals surface area contributed by atoms with Gasteiger partial charge >= 0.3 is 0 Å². The summed E-state index contributed by atoms with van der Waals surface area (Å²) < 4.78 is 0. The Morgan fingerprint density at radius 1 is 1.41 bits per heavy atom. The molecule has 3 rings (SSSR count). The molecule has 0 spiro atoms. The van der Waals surface area contributed by atoms with Crippen LogP contribution in [0, 0.1) is 6.92 Å². The number of H-pyrrole nitrogens is 1. The SMILES string of the molecule is CC(=O)SC1CC(=O)N(CCc2c(C)[nH]c3ccccc23)C1. The molecule has 5 heteroatoms. The smallest absolute Gasteiger partial charge is 0.223 e. The second kappa shape index (κ2) is 6.16. The summed E-state index contributed by atoms with van der Waals surface area (Å²) in [6, 6.07) is 8.26. The molecule has 1 saturated heterocycles. The van der Waals surface area contributed by atoms with E-state index in [-0.39, 0.29) is 16.3 Å². The molecule has 4 nitrogen and oxygen atoms in total. The van der Waals surface area contributed by atoms with Gasteiger partial charge in [0.05, 0.1) is 0 Å². The van der Waals surface area contributed by atoms with Crippen LogP contribution in [0.1, 0.15) is 24.6 Å². The first-order valence-corrected chi connectivity index (χ1v) is 8.43. The van der Waals surface area contributed by atoms with Crippen molar-refractivity contribution in [3.05, 3.63) is 35.5 Å². The molecule has 1 aromatic carbocycles. The number of hydrogen-bond donors (Lipinski definition) is 1. The molecule has 0 bridgehead atoms. The molecule has 1 aromatic heterocycles. The van der Waals surface area contributed by atoms with E-state index in [1.807, 2.05) is 17.0 Å². The van der Waals surface area contributed by atoms with Crippen molar-refractivity contribution >= 4 is 33.7 Å². The summed E-state index contributed by atoms with van der Waals surface area (Å²) in [7, 11) is 0. The number of fused-ring (bicyclic) bond motifs is 1. The number of thioether (sulfide) groups is 1. The number of benzene rings is 1. The van der Waals surface area contributed by atoms with E-state index in [0.717, 1.165) is 18.5 Å². The fourth-order valence-electron chi connectivity index (χ4n) is 3.17. The molecule has 0 aliphatic carbocycles. The molecule has 1 atom stereocenters. The van der Waals surface area contributed by atoms with Crippen molar-refractivity contribution in [2.75, 3.05) is 13.1 Å². The first-order chi connectivity index (χ1) is 10.5. The minimum absolute atomic E-state index is 0.0899. The lowest BCUT2D eigenvalue weighted by atomic mass is 10.1. The second-order valence-corrected chi connectivity index (χ2v) is 7.28. The van der Waals surface area contributed by atoms with Crippen LogP contribution in [-0.4, -0.2) is 39.2 Å². The number of likely N-dealkylation sites (tertiary alicyclic amines) is 1. The third-order valence-electron chi connectivity index (χ3n) is 4.17. The van der Waals surface area contributed by atoms with Crippen LogP contribution >= 0.6 is 11.8 Å². The lowest BCUT2D eigenvalue weighted by molar-refractivity contribution is -0.127. The van der Waals surface area contributed by atoms with Crippen LogP contribution in [0.2, 0.25) is 0 Å². The third-order valence-corrected chi connectivity index (χ3v) is 5.15. The van der Waals surface area contributed by atoms with E-state index in [0.29, 0.717) is 13.0 Å². The highest BCUT2D eigenvalue weighted by atomic mass is 32.2. The van der Waals surface area contributed by atoms with Crippen molar-refractivity contribution in [2.45, 2.75) is 31.9 Å². The van der Waals surface area contributed by atoms with E-state index in [9.17, 15) is 9.59 Å². The normalized spacial score (nSPS) is 18.4. The monoisotopic (exact) mass is 316 g/mol. The predicted octanol–water partition coefficient (Wildman–Crippen LogP) is 2.90. The highest BCUT2D eigenvalue weighted by Gasteiger charge is 2.30. The van der Waals surface area contributed by atoms with E-state index in [4.69, 9.17) is 0 Å². The number of carbonyl (C=O) groups is 2. The largest absolute Gasteiger partial charge is 0.358 e. The van der Waals surface area contributed by atoms with Crippen molar-refractivity contribution in [1.29, 1.82) is 0 Å². The zero-order chi connectivity index (χ0) is 15.7. The molecule has 1 unspecified atom stereocenters. The van der Waals surface area contributed by atoms with Crippen LogP contribution in [0.25, 0.3) is 10.9 Å². The quantitative estimate of drug-likeness (QED) is 0.943. The maximum Gasteiger partial charge on any atom is 0.223 e. The molecule has 1 aliphatic heterocycles. The van der Waals surface area contributed by atoms with Gasteiger partial charge in [-0.3, -0.25) is 9.59 Å². The highest BCUT2D eigenvalue weighted by molar-refractivity contribution is 8.14. The van der Waals surface area contributed by atoms with Gasteiger partial charge in [-0.25, -0.2) is 0 Å². The topological polar surface area (TPSA) is 53.2 Å². The lowest BCUT2D eigenvalue weighted by Gasteiger charge is -2.16. The number of aromatic amines is 1.